The molecule has 0 fully saturated rings. The molecule has 2 rings (SSSR count). The van der Waals surface area contributed by atoms with E-state index in [-0.39, 0.29) is 5.41 Å². The predicted molar refractivity (Wildman–Crippen MR) is 66.6 cm³/mol. The minimum Gasteiger partial charge on any atom is -0.342 e. The SMILES string of the molecule is CC(C)(C)c1nc2ccc(CN=C=O)cc2[nH]1. The number of nitrogens with one attached hydrogen (secondary N) is 1. The molecule has 0 aliphatic carbocycles. The van der Waals surface area contributed by atoms with E-state index in [1.165, 1.54) is 0 Å². The lowest BCUT2D eigenvalue weighted by atomic mass is 9.96. The smallest absolute Gasteiger partial charge is 0.235 e. The van der Waals surface area contributed by atoms with Crippen molar-refractivity contribution in [2.75, 3.05) is 0 Å². The van der Waals surface area contributed by atoms with Crippen LogP contribution < -0.4 is 0 Å². The first-order chi connectivity index (χ1) is 8.00. The van der Waals surface area contributed by atoms with E-state index in [0.29, 0.717) is 6.54 Å². The van der Waals surface area contributed by atoms with E-state index in [1.807, 2.05) is 18.2 Å². The van der Waals surface area contributed by atoms with Gasteiger partial charge in [-0.25, -0.2) is 14.8 Å². The summed E-state index contributed by atoms with van der Waals surface area (Å²) in [6.07, 6.45) is 1.54. The van der Waals surface area contributed by atoms with Crippen LogP contribution in [0.4, 0.5) is 0 Å². The predicted octanol–water partition coefficient (Wildman–Crippen LogP) is 2.70. The molecular weight excluding hydrogens is 214 g/mol. The molecule has 2 aromatic rings. The Balaban J connectivity index is 2.44. The zero-order valence-electron chi connectivity index (χ0n) is 10.2. The zero-order valence-corrected chi connectivity index (χ0v) is 10.2. The number of hydrogen-bond donors (Lipinski definition) is 1. The Morgan fingerprint density at radius 1 is 1.41 bits per heavy atom. The van der Waals surface area contributed by atoms with Crippen molar-refractivity contribution >= 4 is 17.1 Å². The van der Waals surface area contributed by atoms with E-state index in [2.05, 4.69) is 35.7 Å². The van der Waals surface area contributed by atoms with Crippen LogP contribution in [0.25, 0.3) is 11.0 Å². The summed E-state index contributed by atoms with van der Waals surface area (Å²) in [4.78, 5) is 21.5. The molecule has 1 aromatic carbocycles. The molecule has 0 bridgehead atoms. The molecule has 0 unspecified atom stereocenters. The van der Waals surface area contributed by atoms with Gasteiger partial charge in [0.15, 0.2) is 0 Å². The minimum atomic E-state index is 0.000131. The molecule has 4 nitrogen and oxygen atoms in total. The maximum Gasteiger partial charge on any atom is 0.235 e. The average molecular weight is 229 g/mol. The first kappa shape index (κ1) is 11.6. The maximum atomic E-state index is 10.1. The third-order valence-corrected chi connectivity index (χ3v) is 2.58. The highest BCUT2D eigenvalue weighted by Crippen LogP contribution is 2.23. The molecule has 0 saturated heterocycles. The van der Waals surface area contributed by atoms with Crippen molar-refractivity contribution in [3.8, 4) is 0 Å². The lowest BCUT2D eigenvalue weighted by molar-refractivity contribution is 0.554. The number of fused-ring (bicyclic) bond motifs is 1. The molecule has 1 aromatic heterocycles. The van der Waals surface area contributed by atoms with E-state index in [1.54, 1.807) is 6.08 Å². The van der Waals surface area contributed by atoms with Crippen LogP contribution in [-0.4, -0.2) is 16.0 Å². The number of rotatable bonds is 2. The van der Waals surface area contributed by atoms with Crippen LogP contribution in [0.3, 0.4) is 0 Å². The van der Waals surface area contributed by atoms with Crippen molar-refractivity contribution in [3.63, 3.8) is 0 Å². The van der Waals surface area contributed by atoms with Gasteiger partial charge >= 0.3 is 0 Å². The van der Waals surface area contributed by atoms with Gasteiger partial charge in [0.2, 0.25) is 6.08 Å². The number of aromatic nitrogens is 2. The van der Waals surface area contributed by atoms with Crippen LogP contribution in [0, 0.1) is 0 Å². The molecule has 0 amide bonds. The molecular formula is C13H15N3O. The Morgan fingerprint density at radius 3 is 2.82 bits per heavy atom. The summed E-state index contributed by atoms with van der Waals surface area (Å²) >= 11 is 0. The second-order valence-corrected chi connectivity index (χ2v) is 5.09. The number of imidazole rings is 1. The molecule has 1 N–H and O–H groups in total. The Morgan fingerprint density at radius 2 is 2.18 bits per heavy atom. The van der Waals surface area contributed by atoms with Crippen molar-refractivity contribution in [2.24, 2.45) is 4.99 Å². The molecule has 0 spiro atoms. The van der Waals surface area contributed by atoms with E-state index >= 15 is 0 Å². The molecule has 17 heavy (non-hydrogen) atoms. The Hall–Kier alpha value is -1.93. The minimum absolute atomic E-state index is 0.000131. The molecule has 4 heteroatoms. The number of aliphatic imine (C=N–C) groups is 1. The molecule has 0 aliphatic rings. The summed E-state index contributed by atoms with van der Waals surface area (Å²) < 4.78 is 0. The van der Waals surface area contributed by atoms with Crippen LogP contribution in [0.2, 0.25) is 0 Å². The lowest BCUT2D eigenvalue weighted by Gasteiger charge is -2.13. The molecule has 88 valence electrons. The molecule has 0 atom stereocenters. The summed E-state index contributed by atoms with van der Waals surface area (Å²) in [5.74, 6) is 0.962. The molecule has 0 radical (unpaired) electrons. The summed E-state index contributed by atoms with van der Waals surface area (Å²) in [5.41, 5.74) is 2.90. The van der Waals surface area contributed by atoms with Crippen molar-refractivity contribution in [1.82, 2.24) is 9.97 Å². The highest BCUT2D eigenvalue weighted by molar-refractivity contribution is 5.76. The zero-order chi connectivity index (χ0) is 12.5. The van der Waals surface area contributed by atoms with Crippen LogP contribution in [-0.2, 0) is 16.8 Å². The van der Waals surface area contributed by atoms with E-state index < -0.39 is 0 Å². The van der Waals surface area contributed by atoms with Crippen molar-refractivity contribution in [2.45, 2.75) is 32.7 Å². The highest BCUT2D eigenvalue weighted by Gasteiger charge is 2.17. The van der Waals surface area contributed by atoms with Crippen LogP contribution in [0.15, 0.2) is 23.2 Å². The first-order valence-electron chi connectivity index (χ1n) is 5.53. The lowest BCUT2D eigenvalue weighted by Crippen LogP contribution is -2.12. The maximum absolute atomic E-state index is 10.1. The Labute approximate surface area is 99.8 Å². The Kier molecular flexibility index (Phi) is 2.82. The third-order valence-electron chi connectivity index (χ3n) is 2.58. The Bertz CT molecular complexity index is 586. The fraction of sp³-hybridized carbons (Fsp3) is 0.385. The van der Waals surface area contributed by atoms with Crippen LogP contribution in [0.1, 0.15) is 32.2 Å². The fourth-order valence-corrected chi connectivity index (χ4v) is 1.63. The number of nitrogens with zero attached hydrogens (tertiary/aromatic N) is 2. The summed E-state index contributed by atoms with van der Waals surface area (Å²) in [6.45, 7) is 6.70. The fourth-order valence-electron chi connectivity index (χ4n) is 1.63. The average Bonchev–Trinajstić information content (AvgIpc) is 2.68. The van der Waals surface area contributed by atoms with Gasteiger partial charge in [0.1, 0.15) is 5.82 Å². The quantitative estimate of drug-likeness (QED) is 0.635. The first-order valence-corrected chi connectivity index (χ1v) is 5.53. The van der Waals surface area contributed by atoms with Gasteiger partial charge in [0, 0.05) is 5.41 Å². The standard InChI is InChI=1S/C13H15N3O/c1-13(2,3)12-15-10-5-4-9(7-14-8-17)6-11(10)16-12/h4-6H,7H2,1-3H3,(H,15,16). The molecule has 1 heterocycles. The second-order valence-electron chi connectivity index (χ2n) is 5.09. The van der Waals surface area contributed by atoms with Gasteiger partial charge in [0.05, 0.1) is 17.6 Å². The molecule has 0 saturated carbocycles. The topological polar surface area (TPSA) is 58.1 Å². The van der Waals surface area contributed by atoms with E-state index in [0.717, 1.165) is 22.4 Å². The number of hydrogen-bond acceptors (Lipinski definition) is 3. The third kappa shape index (κ3) is 2.43. The highest BCUT2D eigenvalue weighted by atomic mass is 16.1. The van der Waals surface area contributed by atoms with E-state index in [4.69, 9.17) is 0 Å². The van der Waals surface area contributed by atoms with Gasteiger partial charge in [-0.15, -0.1) is 0 Å². The van der Waals surface area contributed by atoms with Crippen molar-refractivity contribution < 1.29 is 4.79 Å². The van der Waals surface area contributed by atoms with Gasteiger partial charge in [-0.1, -0.05) is 26.8 Å². The van der Waals surface area contributed by atoms with Gasteiger partial charge in [-0.2, -0.15) is 0 Å². The summed E-state index contributed by atoms with van der Waals surface area (Å²) in [6, 6.07) is 5.84. The second kappa shape index (κ2) is 4.15. The van der Waals surface area contributed by atoms with Crippen molar-refractivity contribution in [3.05, 3.63) is 29.6 Å². The largest absolute Gasteiger partial charge is 0.342 e. The number of benzene rings is 1. The van der Waals surface area contributed by atoms with Crippen LogP contribution in [0.5, 0.6) is 0 Å². The van der Waals surface area contributed by atoms with Gasteiger partial charge in [0.25, 0.3) is 0 Å². The number of isocyanates is 1. The monoisotopic (exact) mass is 229 g/mol. The molecule has 0 aliphatic heterocycles. The van der Waals surface area contributed by atoms with Gasteiger partial charge in [-0.3, -0.25) is 0 Å². The van der Waals surface area contributed by atoms with Gasteiger partial charge < -0.3 is 4.98 Å². The normalized spacial score (nSPS) is 11.5. The summed E-state index contributed by atoms with van der Waals surface area (Å²) in [7, 11) is 0. The number of H-pyrrole nitrogens is 1. The van der Waals surface area contributed by atoms with Crippen molar-refractivity contribution in [1.29, 1.82) is 0 Å². The van der Waals surface area contributed by atoms with E-state index in [9.17, 15) is 4.79 Å². The number of aromatic amines is 1. The summed E-state index contributed by atoms with van der Waals surface area (Å²) in [5, 5.41) is 0. The van der Waals surface area contributed by atoms with Gasteiger partial charge in [-0.05, 0) is 17.7 Å². The van der Waals surface area contributed by atoms with Crippen LogP contribution >= 0.6 is 0 Å². The number of carbonyl (C=O) groups excluding carboxylic acids is 1.